The molecule has 0 aliphatic carbocycles. The molecular formula is CH4NO3-. The Bertz CT molecular complexity index is 20.9. The van der Waals surface area contributed by atoms with Crippen molar-refractivity contribution in [3.63, 3.8) is 0 Å². The second kappa shape index (κ2) is 2.10. The van der Waals surface area contributed by atoms with Crippen LogP contribution >= 0.6 is 0 Å². The molecule has 0 rings (SSSR count). The van der Waals surface area contributed by atoms with E-state index in [2.05, 4.69) is 4.84 Å². The molecule has 0 saturated heterocycles. The molecule has 0 atom stereocenters. The zero-order chi connectivity index (χ0) is 4.28. The molecule has 0 spiro atoms. The van der Waals surface area contributed by atoms with Crippen LogP contribution in [0.25, 0.3) is 0 Å². The van der Waals surface area contributed by atoms with Crippen LogP contribution in [0.3, 0.4) is 0 Å². The molecule has 4 heteroatoms. The van der Waals surface area contributed by atoms with Crippen LogP contribution in [-0.4, -0.2) is 7.11 Å². The second-order valence-corrected chi connectivity index (χ2v) is 0.454. The molecule has 4 nitrogen and oxygen atoms in total. The zero-order valence-electron chi connectivity index (χ0n) is 2.72. The normalized spacial score (nSPS) is 9.60. The third kappa shape index (κ3) is 3.84. The lowest BCUT2D eigenvalue weighted by atomic mass is 11.7. The van der Waals surface area contributed by atoms with Gasteiger partial charge in [0.15, 0.2) is 0 Å². The van der Waals surface area contributed by atoms with E-state index >= 15 is 0 Å². The lowest BCUT2D eigenvalue weighted by Gasteiger charge is -2.18. The summed E-state index contributed by atoms with van der Waals surface area (Å²) in [6.07, 6.45) is 0. The molecule has 1 N–H and O–H groups in total. The molecule has 0 heterocycles. The summed E-state index contributed by atoms with van der Waals surface area (Å²) in [4.78, 5) is 3.56. The van der Waals surface area contributed by atoms with E-state index in [1.54, 1.807) is 0 Å². The van der Waals surface area contributed by atoms with E-state index in [-0.39, 0.29) is 0 Å². The maximum Gasteiger partial charge on any atom is 0.0961 e. The lowest BCUT2D eigenvalue weighted by molar-refractivity contribution is -1.00. The van der Waals surface area contributed by atoms with Gasteiger partial charge in [0.25, 0.3) is 0 Å². The van der Waals surface area contributed by atoms with Crippen molar-refractivity contribution in [2.75, 3.05) is 7.11 Å². The summed E-state index contributed by atoms with van der Waals surface area (Å²) in [5, 5.41) is 16.6. The van der Waals surface area contributed by atoms with Gasteiger partial charge in [-0.3, -0.25) is 5.39 Å². The Balaban J connectivity index is 2.54. The van der Waals surface area contributed by atoms with Gasteiger partial charge in [-0.05, 0) is 0 Å². The van der Waals surface area contributed by atoms with E-state index in [1.807, 2.05) is 0 Å². The van der Waals surface area contributed by atoms with Crippen molar-refractivity contribution in [2.45, 2.75) is 0 Å². The standard InChI is InChI=1S/CH4NO3/c1-5-2(3)4/h2H,1H3/q-1. The molecule has 0 aromatic rings. The lowest BCUT2D eigenvalue weighted by Crippen LogP contribution is -3.00. The van der Waals surface area contributed by atoms with Crippen molar-refractivity contribution >= 4 is 0 Å². The predicted molar refractivity (Wildman–Crippen MR) is 14.7 cm³/mol. The highest BCUT2D eigenvalue weighted by atomic mass is 17.1. The van der Waals surface area contributed by atoms with Crippen molar-refractivity contribution in [2.24, 2.45) is 0 Å². The van der Waals surface area contributed by atoms with Crippen LogP contribution < -0.4 is 5.39 Å². The van der Waals surface area contributed by atoms with E-state index < -0.39 is 5.39 Å². The van der Waals surface area contributed by atoms with Gasteiger partial charge in [0, 0.05) is 0 Å². The first-order valence-corrected chi connectivity index (χ1v) is 1.02. The van der Waals surface area contributed by atoms with Gasteiger partial charge >= 0.3 is 0 Å². The van der Waals surface area contributed by atoms with E-state index in [0.29, 0.717) is 0 Å². The summed E-state index contributed by atoms with van der Waals surface area (Å²) in [7, 11) is 1.04. The summed E-state index contributed by atoms with van der Waals surface area (Å²) in [5.74, 6) is 0. The Labute approximate surface area is 29.1 Å². The van der Waals surface area contributed by atoms with Crippen molar-refractivity contribution < 1.29 is 10.2 Å². The summed E-state index contributed by atoms with van der Waals surface area (Å²) in [5.41, 5.74) is 0. The van der Waals surface area contributed by atoms with Crippen LogP contribution in [0.1, 0.15) is 0 Å². The monoisotopic (exact) mass is 78.0 g/mol. The molecule has 0 aromatic heterocycles. The average Bonchev–Trinajstić information content (AvgIpc) is 1.38. The summed E-state index contributed by atoms with van der Waals surface area (Å²) < 4.78 is 0. The highest BCUT2D eigenvalue weighted by molar-refractivity contribution is 3.95. The first-order chi connectivity index (χ1) is 2.27. The molecule has 0 aliphatic heterocycles. The van der Waals surface area contributed by atoms with Gasteiger partial charge in [-0.25, -0.2) is 4.84 Å². The van der Waals surface area contributed by atoms with Crippen molar-refractivity contribution in [1.82, 2.24) is 0 Å². The average molecular weight is 78.0 g/mol. The number of hydrogen-bond donors (Lipinski definition) is 1. The minimum Gasteiger partial charge on any atom is -0.599 e. The number of hydrogen-bond acceptors (Lipinski definition) is 3. The smallest absolute Gasteiger partial charge is 0.0961 e. The quantitative estimate of drug-likeness (QED) is 0.385. The Morgan fingerprint density at radius 2 is 1.80 bits per heavy atom. The second-order valence-electron chi connectivity index (χ2n) is 0.454. The molecule has 0 unspecified atom stereocenters. The fourth-order valence-corrected chi connectivity index (χ4v) is 0. The van der Waals surface area contributed by atoms with Gasteiger partial charge in [0.1, 0.15) is 0 Å². The molecule has 0 saturated carbocycles. The number of rotatable bonds is 1. The SMILES string of the molecule is CO[NH+]([O-])[O-]. The van der Waals surface area contributed by atoms with Gasteiger partial charge in [0.2, 0.25) is 0 Å². The maximum atomic E-state index is 9.03. The molecule has 0 aliphatic rings. The van der Waals surface area contributed by atoms with E-state index in [0.717, 1.165) is 7.11 Å². The summed E-state index contributed by atoms with van der Waals surface area (Å²) in [6, 6.07) is 0. The Morgan fingerprint density at radius 3 is 1.80 bits per heavy atom. The van der Waals surface area contributed by atoms with Gasteiger partial charge < -0.3 is 10.4 Å². The molecule has 0 fully saturated rings. The van der Waals surface area contributed by atoms with Gasteiger partial charge in [-0.15, -0.1) is 0 Å². The van der Waals surface area contributed by atoms with Crippen molar-refractivity contribution in [1.29, 1.82) is 0 Å². The minimum absolute atomic E-state index is 1.04. The first-order valence-electron chi connectivity index (χ1n) is 1.02. The number of nitrogens with one attached hydrogen (secondary N) is 1. The topological polar surface area (TPSA) is 59.8 Å². The van der Waals surface area contributed by atoms with Gasteiger partial charge in [-0.2, -0.15) is 0 Å². The fourth-order valence-electron chi connectivity index (χ4n) is 0. The highest BCUT2D eigenvalue weighted by Crippen LogP contribution is 1.26. The van der Waals surface area contributed by atoms with Crippen LogP contribution in [0.2, 0.25) is 0 Å². The largest absolute Gasteiger partial charge is 0.599 e. The van der Waals surface area contributed by atoms with Crippen LogP contribution in [0, 0.1) is 10.4 Å². The molecular weight excluding hydrogens is 74.0 g/mol. The molecule has 0 aromatic carbocycles. The molecule has 32 valence electrons. The van der Waals surface area contributed by atoms with E-state index in [4.69, 9.17) is 10.4 Å². The molecule has 0 radical (unpaired) electrons. The van der Waals surface area contributed by atoms with Crippen LogP contribution in [-0.2, 0) is 4.84 Å². The molecule has 0 bridgehead atoms. The summed E-state index contributed by atoms with van der Waals surface area (Å²) in [6.45, 7) is 0. The highest BCUT2D eigenvalue weighted by Gasteiger charge is 1.57. The van der Waals surface area contributed by atoms with Crippen LogP contribution in [0.4, 0.5) is 0 Å². The van der Waals surface area contributed by atoms with Crippen molar-refractivity contribution in [3.05, 3.63) is 10.4 Å². The molecule has 5 heavy (non-hydrogen) atoms. The maximum absolute atomic E-state index is 9.03. The van der Waals surface area contributed by atoms with Crippen LogP contribution in [0.5, 0.6) is 0 Å². The van der Waals surface area contributed by atoms with E-state index in [1.165, 1.54) is 0 Å². The first kappa shape index (κ1) is 4.84. The van der Waals surface area contributed by atoms with Gasteiger partial charge in [0.05, 0.1) is 7.11 Å². The van der Waals surface area contributed by atoms with Crippen LogP contribution in [0.15, 0.2) is 0 Å². The van der Waals surface area contributed by atoms with Gasteiger partial charge in [-0.1, -0.05) is 0 Å². The molecule has 0 amide bonds. The zero-order valence-corrected chi connectivity index (χ0v) is 2.72. The fraction of sp³-hybridized carbons (Fsp3) is 1.00. The Hall–Kier alpha value is -0.160. The summed E-state index contributed by atoms with van der Waals surface area (Å²) >= 11 is 0. The number of quaternary nitrogens is 1. The third-order valence-corrected chi connectivity index (χ3v) is 0.167. The Kier molecular flexibility index (Phi) is 2.03. The van der Waals surface area contributed by atoms with E-state index in [9.17, 15) is 0 Å². The minimum atomic E-state index is -1.50. The Morgan fingerprint density at radius 1 is 1.60 bits per heavy atom. The third-order valence-electron chi connectivity index (χ3n) is 0.167. The van der Waals surface area contributed by atoms with Crippen molar-refractivity contribution in [3.8, 4) is 0 Å². The predicted octanol–water partition coefficient (Wildman–Crippen LogP) is -1.57.